The summed E-state index contributed by atoms with van der Waals surface area (Å²) in [5.41, 5.74) is 4.97. The summed E-state index contributed by atoms with van der Waals surface area (Å²) in [6.07, 6.45) is 3.56. The number of rotatable bonds is 6. The number of aromatic amines is 1. The molecular formula is C17H24N2O. The molecule has 0 aliphatic carbocycles. The number of hydrogen-bond acceptors (Lipinski definition) is 1. The fraction of sp³-hybridized carbons (Fsp3) is 0.471. The quantitative estimate of drug-likeness (QED) is 0.828. The van der Waals surface area contributed by atoms with Gasteiger partial charge in [-0.2, -0.15) is 0 Å². The van der Waals surface area contributed by atoms with E-state index in [4.69, 9.17) is 0 Å². The normalized spacial score (nSPS) is 10.9. The van der Waals surface area contributed by atoms with Gasteiger partial charge >= 0.3 is 0 Å². The summed E-state index contributed by atoms with van der Waals surface area (Å²) in [6, 6.07) is 6.46. The van der Waals surface area contributed by atoms with Crippen LogP contribution in [0, 0.1) is 13.8 Å². The van der Waals surface area contributed by atoms with Gasteiger partial charge in [0.25, 0.3) is 0 Å². The lowest BCUT2D eigenvalue weighted by molar-refractivity contribution is -0.121. The Morgan fingerprint density at radius 3 is 2.85 bits per heavy atom. The van der Waals surface area contributed by atoms with E-state index in [9.17, 15) is 4.79 Å². The van der Waals surface area contributed by atoms with Crippen molar-refractivity contribution in [2.24, 2.45) is 0 Å². The van der Waals surface area contributed by atoms with Gasteiger partial charge in [-0.3, -0.25) is 4.79 Å². The summed E-state index contributed by atoms with van der Waals surface area (Å²) in [5, 5.41) is 4.29. The average Bonchev–Trinajstić information content (AvgIpc) is 2.72. The van der Waals surface area contributed by atoms with E-state index in [2.05, 4.69) is 49.3 Å². The molecule has 108 valence electrons. The summed E-state index contributed by atoms with van der Waals surface area (Å²) in [7, 11) is 0. The number of fused-ring (bicyclic) bond motifs is 1. The Bertz CT molecular complexity index is 598. The molecule has 3 heteroatoms. The Hall–Kier alpha value is -1.77. The molecule has 0 radical (unpaired) electrons. The number of nitrogens with one attached hydrogen (secondary N) is 2. The molecule has 0 saturated carbocycles. The zero-order valence-corrected chi connectivity index (χ0v) is 12.7. The van der Waals surface area contributed by atoms with Crippen molar-refractivity contribution in [1.82, 2.24) is 10.3 Å². The van der Waals surface area contributed by atoms with Crippen molar-refractivity contribution in [3.8, 4) is 0 Å². The second-order valence-corrected chi connectivity index (χ2v) is 5.48. The largest absolute Gasteiger partial charge is 0.358 e. The maximum Gasteiger partial charge on any atom is 0.220 e. The van der Waals surface area contributed by atoms with Crippen molar-refractivity contribution in [1.29, 1.82) is 0 Å². The first-order valence-electron chi connectivity index (χ1n) is 7.46. The van der Waals surface area contributed by atoms with E-state index in [1.165, 1.54) is 27.7 Å². The molecule has 2 rings (SSSR count). The predicted octanol–water partition coefficient (Wildman–Crippen LogP) is 3.63. The summed E-state index contributed by atoms with van der Waals surface area (Å²) in [5.74, 6) is 0.167. The monoisotopic (exact) mass is 272 g/mol. The van der Waals surface area contributed by atoms with Crippen LogP contribution >= 0.6 is 0 Å². The molecule has 20 heavy (non-hydrogen) atoms. The fourth-order valence-electron chi connectivity index (χ4n) is 2.57. The molecule has 3 nitrogen and oxygen atoms in total. The number of amides is 1. The van der Waals surface area contributed by atoms with Crippen molar-refractivity contribution in [2.45, 2.75) is 46.5 Å². The first kappa shape index (κ1) is 14.6. The average molecular weight is 272 g/mol. The van der Waals surface area contributed by atoms with Gasteiger partial charge in [0.2, 0.25) is 5.91 Å². The second kappa shape index (κ2) is 6.60. The van der Waals surface area contributed by atoms with Crippen LogP contribution in [0.4, 0.5) is 0 Å². The molecule has 0 atom stereocenters. The van der Waals surface area contributed by atoms with E-state index >= 15 is 0 Å². The number of benzene rings is 1. The highest BCUT2D eigenvalue weighted by atomic mass is 16.1. The summed E-state index contributed by atoms with van der Waals surface area (Å²) < 4.78 is 0. The van der Waals surface area contributed by atoms with Gasteiger partial charge in [-0.15, -0.1) is 0 Å². The molecule has 0 aliphatic heterocycles. The summed E-state index contributed by atoms with van der Waals surface area (Å²) >= 11 is 0. The molecule has 2 N–H and O–H groups in total. The van der Waals surface area contributed by atoms with Crippen LogP contribution in [0.5, 0.6) is 0 Å². The van der Waals surface area contributed by atoms with Crippen LogP contribution in [0.3, 0.4) is 0 Å². The van der Waals surface area contributed by atoms with Crippen LogP contribution in [0.1, 0.15) is 43.0 Å². The number of aryl methyl sites for hydroxylation is 2. The molecule has 1 aromatic carbocycles. The number of carbonyl (C=O) groups excluding carboxylic acids is 1. The molecule has 0 spiro atoms. The van der Waals surface area contributed by atoms with Gasteiger partial charge in [-0.05, 0) is 44.4 Å². The minimum absolute atomic E-state index is 0.167. The molecular weight excluding hydrogens is 248 g/mol. The number of unbranched alkanes of at least 4 members (excludes halogenated alkanes) is 1. The zero-order valence-electron chi connectivity index (χ0n) is 12.7. The van der Waals surface area contributed by atoms with E-state index in [-0.39, 0.29) is 5.91 Å². The fourth-order valence-corrected chi connectivity index (χ4v) is 2.57. The van der Waals surface area contributed by atoms with Gasteiger partial charge in [0.05, 0.1) is 0 Å². The summed E-state index contributed by atoms with van der Waals surface area (Å²) in [6.45, 7) is 7.02. The smallest absolute Gasteiger partial charge is 0.220 e. The van der Waals surface area contributed by atoms with Crippen LogP contribution in [0.25, 0.3) is 10.9 Å². The Kier molecular flexibility index (Phi) is 4.83. The number of hydrogen-bond donors (Lipinski definition) is 2. The molecule has 0 unspecified atom stereocenters. The first-order valence-corrected chi connectivity index (χ1v) is 7.46. The van der Waals surface area contributed by atoms with Crippen LogP contribution in [-0.2, 0) is 11.2 Å². The lowest BCUT2D eigenvalue weighted by Gasteiger charge is -2.05. The molecule has 2 aromatic rings. The highest BCUT2D eigenvalue weighted by molar-refractivity contribution is 5.85. The van der Waals surface area contributed by atoms with E-state index in [0.29, 0.717) is 13.0 Å². The minimum Gasteiger partial charge on any atom is -0.358 e. The number of carbonyl (C=O) groups is 1. The minimum atomic E-state index is 0.167. The topological polar surface area (TPSA) is 44.9 Å². The highest BCUT2D eigenvalue weighted by Crippen LogP contribution is 2.23. The Balaban J connectivity index is 2.01. The second-order valence-electron chi connectivity index (χ2n) is 5.48. The van der Waals surface area contributed by atoms with E-state index in [0.717, 1.165) is 19.3 Å². The van der Waals surface area contributed by atoms with Crippen molar-refractivity contribution in [3.05, 3.63) is 35.0 Å². The van der Waals surface area contributed by atoms with E-state index < -0.39 is 0 Å². The number of aromatic nitrogens is 1. The SMILES string of the molecule is CCCCC(=O)NCCc1c(C)[nH]c2ccc(C)cc12. The summed E-state index contributed by atoms with van der Waals surface area (Å²) in [4.78, 5) is 15.0. The van der Waals surface area contributed by atoms with Crippen LogP contribution in [-0.4, -0.2) is 17.4 Å². The Morgan fingerprint density at radius 1 is 1.30 bits per heavy atom. The molecule has 0 saturated heterocycles. The number of H-pyrrole nitrogens is 1. The molecule has 0 aliphatic rings. The third kappa shape index (κ3) is 3.41. The highest BCUT2D eigenvalue weighted by Gasteiger charge is 2.09. The standard InChI is InChI=1S/C17H24N2O/c1-4-5-6-17(20)18-10-9-14-13(3)19-16-8-7-12(2)11-15(14)16/h7-8,11,19H,4-6,9-10H2,1-3H3,(H,18,20). The molecule has 1 heterocycles. The molecule has 1 amide bonds. The van der Waals surface area contributed by atoms with Crippen molar-refractivity contribution in [2.75, 3.05) is 6.54 Å². The van der Waals surface area contributed by atoms with Gasteiger partial charge in [0.1, 0.15) is 0 Å². The van der Waals surface area contributed by atoms with E-state index in [1.807, 2.05) is 0 Å². The van der Waals surface area contributed by atoms with Crippen LogP contribution < -0.4 is 5.32 Å². The van der Waals surface area contributed by atoms with Gasteiger partial charge in [0.15, 0.2) is 0 Å². The Morgan fingerprint density at radius 2 is 2.10 bits per heavy atom. The molecule has 1 aromatic heterocycles. The van der Waals surface area contributed by atoms with Crippen molar-refractivity contribution < 1.29 is 4.79 Å². The third-order valence-corrected chi connectivity index (χ3v) is 3.73. The maximum absolute atomic E-state index is 11.6. The van der Waals surface area contributed by atoms with Crippen molar-refractivity contribution >= 4 is 16.8 Å². The van der Waals surface area contributed by atoms with Crippen LogP contribution in [0.2, 0.25) is 0 Å². The third-order valence-electron chi connectivity index (χ3n) is 3.73. The van der Waals surface area contributed by atoms with Crippen LogP contribution in [0.15, 0.2) is 18.2 Å². The van der Waals surface area contributed by atoms with Gasteiger partial charge in [-0.25, -0.2) is 0 Å². The van der Waals surface area contributed by atoms with E-state index in [1.54, 1.807) is 0 Å². The first-order chi connectivity index (χ1) is 9.61. The molecule has 0 fully saturated rings. The van der Waals surface area contributed by atoms with Gasteiger partial charge in [0, 0.05) is 29.6 Å². The molecule has 0 bridgehead atoms. The lowest BCUT2D eigenvalue weighted by atomic mass is 10.1. The zero-order chi connectivity index (χ0) is 14.5. The predicted molar refractivity (Wildman–Crippen MR) is 84.0 cm³/mol. The van der Waals surface area contributed by atoms with Gasteiger partial charge in [-0.1, -0.05) is 25.0 Å². The Labute approximate surface area is 120 Å². The lowest BCUT2D eigenvalue weighted by Crippen LogP contribution is -2.25. The maximum atomic E-state index is 11.6. The van der Waals surface area contributed by atoms with Gasteiger partial charge < -0.3 is 10.3 Å². The van der Waals surface area contributed by atoms with Crippen molar-refractivity contribution in [3.63, 3.8) is 0 Å².